The van der Waals surface area contributed by atoms with E-state index in [2.05, 4.69) is 62.5 Å². The van der Waals surface area contributed by atoms with Gasteiger partial charge >= 0.3 is 13.8 Å². The summed E-state index contributed by atoms with van der Waals surface area (Å²) in [6, 6.07) is 0. The van der Waals surface area contributed by atoms with Crippen LogP contribution in [0.1, 0.15) is 142 Å². The summed E-state index contributed by atoms with van der Waals surface area (Å²) in [5, 5.41) is 18.3. The van der Waals surface area contributed by atoms with E-state index in [4.69, 9.17) is 23.6 Å². The van der Waals surface area contributed by atoms with Crippen LogP contribution in [0.4, 0.5) is 0 Å². The van der Waals surface area contributed by atoms with E-state index < -0.39 is 39.2 Å². The number of phosphoric ester groups is 1. The van der Waals surface area contributed by atoms with E-state index in [-0.39, 0.29) is 19.6 Å². The minimum absolute atomic E-state index is 0.0390. The molecule has 0 amide bonds. The van der Waals surface area contributed by atoms with Crippen molar-refractivity contribution in [3.8, 4) is 0 Å². The van der Waals surface area contributed by atoms with Crippen LogP contribution >= 0.6 is 7.82 Å². The first-order chi connectivity index (χ1) is 23.3. The van der Waals surface area contributed by atoms with E-state index >= 15 is 0 Å². The van der Waals surface area contributed by atoms with E-state index in [1.165, 1.54) is 44.9 Å². The molecular formula is C38H69O9P. The zero-order valence-corrected chi connectivity index (χ0v) is 31.1. The smallest absolute Gasteiger partial charge is 0.457 e. The predicted molar refractivity (Wildman–Crippen MR) is 196 cm³/mol. The maximum Gasteiger partial charge on any atom is 0.472 e. The van der Waals surface area contributed by atoms with Crippen LogP contribution in [0.2, 0.25) is 0 Å². The molecule has 0 fully saturated rings. The monoisotopic (exact) mass is 700 g/mol. The second-order valence-electron chi connectivity index (χ2n) is 12.2. The lowest BCUT2D eigenvalue weighted by Crippen LogP contribution is -2.29. The number of hydrogen-bond donors (Lipinski definition) is 3. The van der Waals surface area contributed by atoms with Crippen molar-refractivity contribution in [2.45, 2.75) is 154 Å². The van der Waals surface area contributed by atoms with E-state index in [0.717, 1.165) is 70.6 Å². The Balaban J connectivity index is 4.29. The Kier molecular flexibility index (Phi) is 34.1. The Morgan fingerprint density at radius 3 is 1.79 bits per heavy atom. The molecule has 0 aromatic heterocycles. The third kappa shape index (κ3) is 34.3. The van der Waals surface area contributed by atoms with E-state index in [1.807, 2.05) is 0 Å². The van der Waals surface area contributed by atoms with Gasteiger partial charge in [0.2, 0.25) is 0 Å². The number of rotatable bonds is 35. The van der Waals surface area contributed by atoms with Crippen LogP contribution in [0.25, 0.3) is 0 Å². The molecule has 0 bridgehead atoms. The Labute approximate surface area is 292 Å². The van der Waals surface area contributed by atoms with Crippen LogP contribution < -0.4 is 0 Å². The molecule has 0 saturated carbocycles. The second kappa shape index (κ2) is 35.3. The lowest BCUT2D eigenvalue weighted by molar-refractivity contribution is -0.154. The first-order valence-corrected chi connectivity index (χ1v) is 20.1. The number of esters is 1. The highest BCUT2D eigenvalue weighted by Crippen LogP contribution is 2.43. The number of ether oxygens (including phenoxy) is 2. The molecule has 0 spiro atoms. The SMILES string of the molecule is CC/C=C\C/C=C\C/C=C\C/C=C\CCCCCCC(=O)OC(COCCCCCCCCCCCC)COP(=O)(O)OCC(O)CO. The molecule has 0 radical (unpaired) electrons. The summed E-state index contributed by atoms with van der Waals surface area (Å²) in [6.45, 7) is 3.34. The molecule has 0 aliphatic carbocycles. The van der Waals surface area contributed by atoms with Crippen molar-refractivity contribution >= 4 is 13.8 Å². The summed E-state index contributed by atoms with van der Waals surface area (Å²) in [6.07, 6.45) is 36.4. The highest BCUT2D eigenvalue weighted by Gasteiger charge is 2.26. The van der Waals surface area contributed by atoms with E-state index in [9.17, 15) is 19.4 Å². The maximum atomic E-state index is 12.5. The Bertz CT molecular complexity index is 887. The molecule has 10 heteroatoms. The third-order valence-electron chi connectivity index (χ3n) is 7.53. The van der Waals surface area contributed by atoms with Crippen molar-refractivity contribution in [3.63, 3.8) is 0 Å². The average molecular weight is 701 g/mol. The quantitative estimate of drug-likeness (QED) is 0.0256. The van der Waals surface area contributed by atoms with Gasteiger partial charge < -0.3 is 24.6 Å². The molecule has 48 heavy (non-hydrogen) atoms. The normalized spacial score (nSPS) is 14.9. The highest BCUT2D eigenvalue weighted by molar-refractivity contribution is 7.47. The topological polar surface area (TPSA) is 132 Å². The van der Waals surface area contributed by atoms with E-state index in [0.29, 0.717) is 13.0 Å². The van der Waals surface area contributed by atoms with Crippen molar-refractivity contribution in [2.75, 3.05) is 33.0 Å². The third-order valence-corrected chi connectivity index (χ3v) is 8.48. The van der Waals surface area contributed by atoms with Gasteiger partial charge in [-0.15, -0.1) is 0 Å². The second-order valence-corrected chi connectivity index (χ2v) is 13.7. The van der Waals surface area contributed by atoms with E-state index in [1.54, 1.807) is 0 Å². The van der Waals surface area contributed by atoms with Crippen molar-refractivity contribution in [3.05, 3.63) is 48.6 Å². The summed E-state index contributed by atoms with van der Waals surface area (Å²) in [5.74, 6) is -0.408. The molecule has 3 atom stereocenters. The average Bonchev–Trinajstić information content (AvgIpc) is 3.07. The van der Waals surface area contributed by atoms with Gasteiger partial charge in [0.15, 0.2) is 0 Å². The lowest BCUT2D eigenvalue weighted by atomic mass is 10.1. The number of carbonyl (C=O) groups excluding carboxylic acids is 1. The van der Waals surface area contributed by atoms with Gasteiger partial charge in [-0.2, -0.15) is 0 Å². The molecule has 0 heterocycles. The van der Waals surface area contributed by atoms with Crippen molar-refractivity contribution in [2.24, 2.45) is 0 Å². The van der Waals surface area contributed by atoms with Crippen LogP contribution in [-0.2, 0) is 27.9 Å². The lowest BCUT2D eigenvalue weighted by Gasteiger charge is -2.20. The van der Waals surface area contributed by atoms with Crippen LogP contribution in [0.5, 0.6) is 0 Å². The van der Waals surface area contributed by atoms with Gasteiger partial charge in [-0.25, -0.2) is 4.57 Å². The zero-order chi connectivity index (χ0) is 35.4. The molecule has 3 N–H and O–H groups in total. The summed E-state index contributed by atoms with van der Waals surface area (Å²) in [4.78, 5) is 22.4. The first-order valence-electron chi connectivity index (χ1n) is 18.6. The fraction of sp³-hybridized carbons (Fsp3) is 0.763. The van der Waals surface area contributed by atoms with Gasteiger partial charge in [-0.05, 0) is 51.4 Å². The Morgan fingerprint density at radius 2 is 1.19 bits per heavy atom. The minimum Gasteiger partial charge on any atom is -0.457 e. The van der Waals surface area contributed by atoms with Gasteiger partial charge in [-0.1, -0.05) is 133 Å². The summed E-state index contributed by atoms with van der Waals surface area (Å²) < 4.78 is 33.1. The molecule has 3 unspecified atom stereocenters. The molecule has 0 aliphatic heterocycles. The molecule has 0 aliphatic rings. The fourth-order valence-electron chi connectivity index (χ4n) is 4.70. The molecule has 0 saturated heterocycles. The molecule has 0 aromatic carbocycles. The summed E-state index contributed by atoms with van der Waals surface area (Å²) in [5.41, 5.74) is 0. The predicted octanol–water partition coefficient (Wildman–Crippen LogP) is 9.47. The Morgan fingerprint density at radius 1 is 0.667 bits per heavy atom. The summed E-state index contributed by atoms with van der Waals surface area (Å²) >= 11 is 0. The van der Waals surface area contributed by atoms with Gasteiger partial charge in [0.1, 0.15) is 12.2 Å². The number of aliphatic hydroxyl groups excluding tert-OH is 2. The molecule has 9 nitrogen and oxygen atoms in total. The molecule has 0 rings (SSSR count). The van der Waals surface area contributed by atoms with Crippen molar-refractivity contribution in [1.29, 1.82) is 0 Å². The van der Waals surface area contributed by atoms with Crippen LogP contribution in [0, 0.1) is 0 Å². The Hall–Kier alpha value is -1.58. The van der Waals surface area contributed by atoms with Gasteiger partial charge in [0, 0.05) is 13.0 Å². The van der Waals surface area contributed by atoms with Crippen LogP contribution in [-0.4, -0.2) is 66.3 Å². The zero-order valence-electron chi connectivity index (χ0n) is 30.2. The van der Waals surface area contributed by atoms with Crippen molar-refractivity contribution in [1.82, 2.24) is 0 Å². The number of carbonyl (C=O) groups is 1. The van der Waals surface area contributed by atoms with Crippen LogP contribution in [0.15, 0.2) is 48.6 Å². The van der Waals surface area contributed by atoms with Crippen molar-refractivity contribution < 1.29 is 43.0 Å². The van der Waals surface area contributed by atoms with Gasteiger partial charge in [-0.3, -0.25) is 13.8 Å². The molecule has 280 valence electrons. The number of hydrogen-bond acceptors (Lipinski definition) is 8. The largest absolute Gasteiger partial charge is 0.472 e. The van der Waals surface area contributed by atoms with Gasteiger partial charge in [0.25, 0.3) is 0 Å². The number of unbranched alkanes of at least 4 members (excludes halogenated alkanes) is 13. The summed E-state index contributed by atoms with van der Waals surface area (Å²) in [7, 11) is -4.51. The number of aliphatic hydroxyl groups is 2. The minimum atomic E-state index is -4.51. The maximum absolute atomic E-state index is 12.5. The van der Waals surface area contributed by atoms with Crippen LogP contribution in [0.3, 0.4) is 0 Å². The number of phosphoric acid groups is 1. The highest BCUT2D eigenvalue weighted by atomic mass is 31.2. The first kappa shape index (κ1) is 46.4. The molecular weight excluding hydrogens is 631 g/mol. The number of allylic oxidation sites excluding steroid dienone is 8. The fourth-order valence-corrected chi connectivity index (χ4v) is 5.49. The molecule has 0 aromatic rings. The standard InChI is InChI=1S/C38H69O9P/c1-3-5-7-9-11-13-15-16-17-18-19-20-21-22-24-26-28-30-38(41)47-37(35-46-48(42,43)45-33-36(40)32-39)34-44-31-29-27-25-23-14-12-10-8-6-4-2/h5,7,11,13,16-17,19-20,36-37,39-40H,3-4,6,8-10,12,14-15,18,21-35H2,1-2H3,(H,42,43)/b7-5-,13-11-,17-16-,20-19-. The van der Waals surface area contributed by atoms with Gasteiger partial charge in [0.05, 0.1) is 26.4 Å².